The van der Waals surface area contributed by atoms with Gasteiger partial charge in [0.1, 0.15) is 0 Å². The van der Waals surface area contributed by atoms with Crippen LogP contribution in [0.15, 0.2) is 16.8 Å². The summed E-state index contributed by atoms with van der Waals surface area (Å²) in [5.41, 5.74) is 1.07. The molecule has 1 aromatic heterocycles. The Hall–Kier alpha value is -1.56. The number of aliphatic carboxylic acids is 1. The van der Waals surface area contributed by atoms with Crippen LogP contribution in [0, 0.1) is 5.92 Å². The second-order valence-corrected chi connectivity index (χ2v) is 4.69. The summed E-state index contributed by atoms with van der Waals surface area (Å²) >= 11 is 1.58. The van der Waals surface area contributed by atoms with Crippen molar-refractivity contribution in [1.29, 1.82) is 0 Å². The number of carboxylic acid groups (broad SMARTS) is 1. The van der Waals surface area contributed by atoms with Gasteiger partial charge in [0.25, 0.3) is 0 Å². The molecule has 1 atom stereocenters. The summed E-state index contributed by atoms with van der Waals surface area (Å²) in [5, 5.41) is 15.2. The summed E-state index contributed by atoms with van der Waals surface area (Å²) < 4.78 is 0. The molecule has 0 aromatic carbocycles. The third-order valence-corrected chi connectivity index (χ3v) is 3.06. The van der Waals surface area contributed by atoms with E-state index < -0.39 is 11.9 Å². The quantitative estimate of drug-likeness (QED) is 0.841. The molecule has 6 heteroatoms. The number of nitrogens with zero attached hydrogens (tertiary/aromatic N) is 1. The zero-order valence-electron chi connectivity index (χ0n) is 9.84. The molecular weight excluding hydrogens is 240 g/mol. The lowest BCUT2D eigenvalue weighted by atomic mass is 10.2. The first-order valence-corrected chi connectivity index (χ1v) is 6.18. The van der Waals surface area contributed by atoms with Crippen LogP contribution in [0.1, 0.15) is 12.5 Å². The van der Waals surface area contributed by atoms with E-state index >= 15 is 0 Å². The number of amides is 2. The molecule has 0 radical (unpaired) electrons. The Morgan fingerprint density at radius 1 is 1.59 bits per heavy atom. The summed E-state index contributed by atoms with van der Waals surface area (Å²) in [6.07, 6.45) is 0. The van der Waals surface area contributed by atoms with Crippen LogP contribution in [0.2, 0.25) is 0 Å². The van der Waals surface area contributed by atoms with Gasteiger partial charge in [-0.2, -0.15) is 11.3 Å². The Bertz CT molecular complexity index is 378. The normalized spacial score (nSPS) is 11.9. The van der Waals surface area contributed by atoms with E-state index in [9.17, 15) is 9.59 Å². The standard InChI is InChI=1S/C11H16N2O3S/c1-8(10(14)15)5-12-11(16)13(2)6-9-3-4-17-7-9/h3-4,7-8H,5-6H2,1-2H3,(H,12,16)(H,14,15). The first-order valence-electron chi connectivity index (χ1n) is 5.23. The van der Waals surface area contributed by atoms with Gasteiger partial charge in [-0.3, -0.25) is 4.79 Å². The van der Waals surface area contributed by atoms with E-state index in [1.54, 1.807) is 25.3 Å². The van der Waals surface area contributed by atoms with Crippen LogP contribution in [0.25, 0.3) is 0 Å². The number of hydrogen-bond acceptors (Lipinski definition) is 3. The molecule has 1 unspecified atom stereocenters. The SMILES string of the molecule is CC(CNC(=O)N(C)Cc1ccsc1)C(=O)O. The van der Waals surface area contributed by atoms with Gasteiger partial charge in [-0.05, 0) is 22.4 Å². The average Bonchev–Trinajstić information content (AvgIpc) is 2.77. The molecule has 2 amide bonds. The molecule has 1 heterocycles. The maximum absolute atomic E-state index is 11.6. The van der Waals surface area contributed by atoms with Gasteiger partial charge in [0.15, 0.2) is 0 Å². The van der Waals surface area contributed by atoms with Gasteiger partial charge in [0.2, 0.25) is 0 Å². The van der Waals surface area contributed by atoms with E-state index in [-0.39, 0.29) is 12.6 Å². The maximum Gasteiger partial charge on any atom is 0.317 e. The number of carbonyl (C=O) groups excluding carboxylic acids is 1. The van der Waals surface area contributed by atoms with Gasteiger partial charge in [0, 0.05) is 20.1 Å². The largest absolute Gasteiger partial charge is 0.481 e. The zero-order valence-corrected chi connectivity index (χ0v) is 10.7. The number of urea groups is 1. The van der Waals surface area contributed by atoms with Crippen molar-refractivity contribution in [2.24, 2.45) is 5.92 Å². The molecule has 17 heavy (non-hydrogen) atoms. The Morgan fingerprint density at radius 3 is 2.82 bits per heavy atom. The van der Waals surface area contributed by atoms with Crippen molar-refractivity contribution in [2.45, 2.75) is 13.5 Å². The van der Waals surface area contributed by atoms with Crippen LogP contribution in [-0.2, 0) is 11.3 Å². The van der Waals surface area contributed by atoms with Crippen molar-refractivity contribution in [3.05, 3.63) is 22.4 Å². The van der Waals surface area contributed by atoms with Gasteiger partial charge in [-0.25, -0.2) is 4.79 Å². The predicted molar refractivity (Wildman–Crippen MR) is 66.0 cm³/mol. The lowest BCUT2D eigenvalue weighted by molar-refractivity contribution is -0.140. The fourth-order valence-electron chi connectivity index (χ4n) is 1.19. The number of carbonyl (C=O) groups is 2. The van der Waals surface area contributed by atoms with Crippen LogP contribution in [-0.4, -0.2) is 35.6 Å². The first-order chi connectivity index (χ1) is 8.00. The van der Waals surface area contributed by atoms with E-state index in [1.165, 1.54) is 4.90 Å². The molecule has 1 rings (SSSR count). The van der Waals surface area contributed by atoms with Crippen LogP contribution in [0.4, 0.5) is 4.79 Å². The highest BCUT2D eigenvalue weighted by Crippen LogP contribution is 2.08. The van der Waals surface area contributed by atoms with Crippen LogP contribution in [0.3, 0.4) is 0 Å². The molecule has 0 saturated carbocycles. The third-order valence-electron chi connectivity index (χ3n) is 2.33. The third kappa shape index (κ3) is 4.44. The lowest BCUT2D eigenvalue weighted by Crippen LogP contribution is -2.40. The van der Waals surface area contributed by atoms with Crippen LogP contribution < -0.4 is 5.32 Å². The Labute approximate surface area is 104 Å². The van der Waals surface area contributed by atoms with Gasteiger partial charge in [0.05, 0.1) is 5.92 Å². The van der Waals surface area contributed by atoms with Crippen molar-refractivity contribution >= 4 is 23.3 Å². The molecule has 5 nitrogen and oxygen atoms in total. The molecular formula is C11H16N2O3S. The molecule has 1 aromatic rings. The zero-order chi connectivity index (χ0) is 12.8. The van der Waals surface area contributed by atoms with Gasteiger partial charge < -0.3 is 15.3 Å². The number of thiophene rings is 1. The molecule has 0 aliphatic carbocycles. The average molecular weight is 256 g/mol. The topological polar surface area (TPSA) is 69.6 Å². The summed E-state index contributed by atoms with van der Waals surface area (Å²) in [6, 6.07) is 1.69. The molecule has 2 N–H and O–H groups in total. The maximum atomic E-state index is 11.6. The second-order valence-electron chi connectivity index (χ2n) is 3.91. The van der Waals surface area contributed by atoms with Crippen LogP contribution >= 0.6 is 11.3 Å². The fraction of sp³-hybridized carbons (Fsp3) is 0.455. The minimum Gasteiger partial charge on any atom is -0.481 e. The second kappa shape index (κ2) is 6.24. The van der Waals surface area contributed by atoms with E-state index in [0.717, 1.165) is 5.56 Å². The lowest BCUT2D eigenvalue weighted by Gasteiger charge is -2.18. The van der Waals surface area contributed by atoms with Crippen molar-refractivity contribution in [3.8, 4) is 0 Å². The van der Waals surface area contributed by atoms with E-state index in [4.69, 9.17) is 5.11 Å². The molecule has 0 aliphatic heterocycles. The first kappa shape index (κ1) is 13.5. The highest BCUT2D eigenvalue weighted by atomic mass is 32.1. The van der Waals surface area contributed by atoms with Crippen molar-refractivity contribution in [3.63, 3.8) is 0 Å². The Balaban J connectivity index is 2.34. The Morgan fingerprint density at radius 2 is 2.29 bits per heavy atom. The van der Waals surface area contributed by atoms with Gasteiger partial charge >= 0.3 is 12.0 Å². The van der Waals surface area contributed by atoms with Crippen molar-refractivity contribution in [1.82, 2.24) is 10.2 Å². The summed E-state index contributed by atoms with van der Waals surface area (Å²) in [7, 11) is 1.68. The minimum absolute atomic E-state index is 0.141. The molecule has 94 valence electrons. The summed E-state index contributed by atoms with van der Waals surface area (Å²) in [4.78, 5) is 23.7. The van der Waals surface area contributed by atoms with Crippen molar-refractivity contribution in [2.75, 3.05) is 13.6 Å². The Kier molecular flexibility index (Phi) is 4.96. The van der Waals surface area contributed by atoms with E-state index in [1.807, 2.05) is 16.8 Å². The molecule has 0 saturated heterocycles. The summed E-state index contributed by atoms with van der Waals surface area (Å²) in [6.45, 7) is 2.22. The summed E-state index contributed by atoms with van der Waals surface area (Å²) in [5.74, 6) is -1.49. The van der Waals surface area contributed by atoms with E-state index in [0.29, 0.717) is 6.54 Å². The number of rotatable bonds is 5. The van der Waals surface area contributed by atoms with Gasteiger partial charge in [-0.15, -0.1) is 0 Å². The monoisotopic (exact) mass is 256 g/mol. The molecule has 0 aliphatic rings. The number of carboxylic acids is 1. The molecule has 0 bridgehead atoms. The number of nitrogens with one attached hydrogen (secondary N) is 1. The smallest absolute Gasteiger partial charge is 0.317 e. The molecule has 0 spiro atoms. The van der Waals surface area contributed by atoms with Crippen LogP contribution in [0.5, 0.6) is 0 Å². The van der Waals surface area contributed by atoms with E-state index in [2.05, 4.69) is 5.32 Å². The molecule has 0 fully saturated rings. The highest BCUT2D eigenvalue weighted by molar-refractivity contribution is 7.07. The highest BCUT2D eigenvalue weighted by Gasteiger charge is 2.14. The van der Waals surface area contributed by atoms with Gasteiger partial charge in [-0.1, -0.05) is 6.92 Å². The number of hydrogen-bond donors (Lipinski definition) is 2. The van der Waals surface area contributed by atoms with Crippen molar-refractivity contribution < 1.29 is 14.7 Å². The predicted octanol–water partition coefficient (Wildman–Crippen LogP) is 1.61. The minimum atomic E-state index is -0.911. The fourth-order valence-corrected chi connectivity index (χ4v) is 1.85.